The molecule has 0 fully saturated rings. The third-order valence-electron chi connectivity index (χ3n) is 1.96. The maximum Gasteiger partial charge on any atom is 0.222 e. The van der Waals surface area contributed by atoms with E-state index in [9.17, 15) is 9.18 Å². The largest absolute Gasteiger partial charge is 0.383 e. The van der Waals surface area contributed by atoms with Gasteiger partial charge in [0.1, 0.15) is 5.82 Å². The summed E-state index contributed by atoms with van der Waals surface area (Å²) >= 11 is 3.21. The molecular formula is C11H14BrFN2O. The highest BCUT2D eigenvalue weighted by molar-refractivity contribution is 9.10. The number of carbonyl (C=O) groups excluding carboxylic acids is 1. The van der Waals surface area contributed by atoms with E-state index in [1.165, 1.54) is 6.07 Å². The Hall–Kier alpha value is -1.10. The average molecular weight is 289 g/mol. The van der Waals surface area contributed by atoms with Crippen molar-refractivity contribution in [3.05, 3.63) is 28.0 Å². The molecule has 1 aromatic rings. The predicted octanol–water partition coefficient (Wildman–Crippen LogP) is 2.44. The normalized spacial score (nSPS) is 10.6. The van der Waals surface area contributed by atoms with E-state index in [1.807, 2.05) is 13.8 Å². The van der Waals surface area contributed by atoms with Crippen LogP contribution in [-0.4, -0.2) is 11.9 Å². The Morgan fingerprint density at radius 2 is 2.19 bits per heavy atom. The summed E-state index contributed by atoms with van der Waals surface area (Å²) < 4.78 is 14.3. The number of rotatable bonds is 4. The third kappa shape index (κ3) is 3.48. The fourth-order valence-electron chi connectivity index (χ4n) is 1.40. The van der Waals surface area contributed by atoms with Crippen molar-refractivity contribution in [1.29, 1.82) is 0 Å². The van der Waals surface area contributed by atoms with Gasteiger partial charge >= 0.3 is 0 Å². The van der Waals surface area contributed by atoms with Gasteiger partial charge in [-0.15, -0.1) is 0 Å². The molecule has 3 N–H and O–H groups in total. The van der Waals surface area contributed by atoms with E-state index in [2.05, 4.69) is 21.2 Å². The van der Waals surface area contributed by atoms with Gasteiger partial charge in [-0.2, -0.15) is 0 Å². The van der Waals surface area contributed by atoms with Crippen molar-refractivity contribution in [2.75, 3.05) is 5.32 Å². The molecule has 1 amide bonds. The van der Waals surface area contributed by atoms with Crippen LogP contribution in [-0.2, 0) is 11.2 Å². The van der Waals surface area contributed by atoms with Crippen molar-refractivity contribution >= 4 is 27.5 Å². The molecule has 3 nitrogen and oxygen atoms in total. The molecule has 0 unspecified atom stereocenters. The number of halogens is 2. The highest BCUT2D eigenvalue weighted by Gasteiger charge is 2.13. The first kappa shape index (κ1) is 13.0. The van der Waals surface area contributed by atoms with Gasteiger partial charge in [-0.1, -0.05) is 15.9 Å². The number of benzene rings is 1. The summed E-state index contributed by atoms with van der Waals surface area (Å²) in [5.74, 6) is -0.982. The average Bonchev–Trinajstić information content (AvgIpc) is 2.09. The van der Waals surface area contributed by atoms with E-state index in [1.54, 1.807) is 6.07 Å². The highest BCUT2D eigenvalue weighted by Crippen LogP contribution is 2.25. The second-order valence-corrected chi connectivity index (χ2v) is 4.77. The Kier molecular flexibility index (Phi) is 4.29. The minimum Gasteiger partial charge on any atom is -0.383 e. The zero-order valence-corrected chi connectivity index (χ0v) is 10.8. The van der Waals surface area contributed by atoms with Crippen LogP contribution in [0.1, 0.15) is 19.4 Å². The molecule has 0 aliphatic rings. The van der Waals surface area contributed by atoms with Gasteiger partial charge in [0.05, 0.1) is 6.42 Å². The maximum absolute atomic E-state index is 13.6. The van der Waals surface area contributed by atoms with Crippen LogP contribution in [0.15, 0.2) is 16.6 Å². The van der Waals surface area contributed by atoms with Gasteiger partial charge in [0.2, 0.25) is 5.91 Å². The SMILES string of the molecule is CC(C)Nc1cc(Br)cc(F)c1CC(N)=O. The summed E-state index contributed by atoms with van der Waals surface area (Å²) in [7, 11) is 0. The number of nitrogens with two attached hydrogens (primary N) is 1. The van der Waals surface area contributed by atoms with E-state index in [0.29, 0.717) is 15.7 Å². The van der Waals surface area contributed by atoms with Crippen LogP contribution < -0.4 is 11.1 Å². The third-order valence-corrected chi connectivity index (χ3v) is 2.41. The topological polar surface area (TPSA) is 55.1 Å². The number of nitrogens with one attached hydrogen (secondary N) is 1. The molecule has 0 saturated heterocycles. The molecule has 0 bridgehead atoms. The van der Waals surface area contributed by atoms with Crippen molar-refractivity contribution < 1.29 is 9.18 Å². The summed E-state index contributed by atoms with van der Waals surface area (Å²) in [4.78, 5) is 10.9. The first-order valence-electron chi connectivity index (χ1n) is 4.93. The van der Waals surface area contributed by atoms with Gasteiger partial charge in [0.15, 0.2) is 0 Å². The fraction of sp³-hybridized carbons (Fsp3) is 0.364. The molecule has 88 valence electrons. The molecule has 0 heterocycles. The lowest BCUT2D eigenvalue weighted by Crippen LogP contribution is -2.18. The number of amides is 1. The van der Waals surface area contributed by atoms with Crippen molar-refractivity contribution in [2.45, 2.75) is 26.3 Å². The molecular weight excluding hydrogens is 275 g/mol. The second-order valence-electron chi connectivity index (χ2n) is 3.86. The van der Waals surface area contributed by atoms with Gasteiger partial charge < -0.3 is 11.1 Å². The van der Waals surface area contributed by atoms with Crippen LogP contribution in [0, 0.1) is 5.82 Å². The Morgan fingerprint density at radius 1 is 1.56 bits per heavy atom. The Morgan fingerprint density at radius 3 is 2.69 bits per heavy atom. The molecule has 0 aromatic heterocycles. The summed E-state index contributed by atoms with van der Waals surface area (Å²) in [6.07, 6.45) is -0.103. The second kappa shape index (κ2) is 5.30. The first-order chi connectivity index (χ1) is 7.40. The maximum atomic E-state index is 13.6. The number of anilines is 1. The van der Waals surface area contributed by atoms with Gasteiger partial charge in [0, 0.05) is 21.8 Å². The zero-order valence-electron chi connectivity index (χ0n) is 9.18. The molecule has 0 saturated carbocycles. The smallest absolute Gasteiger partial charge is 0.222 e. The quantitative estimate of drug-likeness (QED) is 0.894. The molecule has 0 radical (unpaired) electrons. The van der Waals surface area contributed by atoms with E-state index in [4.69, 9.17) is 5.73 Å². The molecule has 1 aromatic carbocycles. The number of primary amides is 1. The molecule has 1 rings (SSSR count). The molecule has 0 aliphatic carbocycles. The highest BCUT2D eigenvalue weighted by atomic mass is 79.9. The van der Waals surface area contributed by atoms with Crippen molar-refractivity contribution in [3.8, 4) is 0 Å². The molecule has 0 aliphatic heterocycles. The monoisotopic (exact) mass is 288 g/mol. The number of hydrogen-bond acceptors (Lipinski definition) is 2. The van der Waals surface area contributed by atoms with Crippen molar-refractivity contribution in [3.63, 3.8) is 0 Å². The van der Waals surface area contributed by atoms with Gasteiger partial charge in [-0.05, 0) is 26.0 Å². The minimum absolute atomic E-state index is 0.103. The number of hydrogen-bond donors (Lipinski definition) is 2. The van der Waals surface area contributed by atoms with Crippen molar-refractivity contribution in [1.82, 2.24) is 0 Å². The predicted molar refractivity (Wildman–Crippen MR) is 65.8 cm³/mol. The van der Waals surface area contributed by atoms with E-state index in [0.717, 1.165) is 0 Å². The van der Waals surface area contributed by atoms with E-state index in [-0.39, 0.29) is 12.5 Å². The first-order valence-corrected chi connectivity index (χ1v) is 5.72. The lowest BCUT2D eigenvalue weighted by atomic mass is 10.1. The fourth-order valence-corrected chi connectivity index (χ4v) is 1.83. The standard InChI is InChI=1S/C11H14BrFN2O/c1-6(2)15-10-4-7(12)3-9(13)8(10)5-11(14)16/h3-4,6,15H,5H2,1-2H3,(H2,14,16). The van der Waals surface area contributed by atoms with Crippen LogP contribution >= 0.6 is 15.9 Å². The van der Waals surface area contributed by atoms with Gasteiger partial charge in [-0.3, -0.25) is 4.79 Å². The minimum atomic E-state index is -0.548. The van der Waals surface area contributed by atoms with E-state index < -0.39 is 11.7 Å². The Balaban J connectivity index is 3.15. The lowest BCUT2D eigenvalue weighted by Gasteiger charge is -2.15. The lowest BCUT2D eigenvalue weighted by molar-refractivity contribution is -0.117. The van der Waals surface area contributed by atoms with Crippen LogP contribution in [0.4, 0.5) is 10.1 Å². The van der Waals surface area contributed by atoms with Crippen LogP contribution in [0.5, 0.6) is 0 Å². The zero-order chi connectivity index (χ0) is 12.3. The van der Waals surface area contributed by atoms with Crippen LogP contribution in [0.3, 0.4) is 0 Å². The van der Waals surface area contributed by atoms with E-state index >= 15 is 0 Å². The Labute approximate surface area is 102 Å². The summed E-state index contributed by atoms with van der Waals surface area (Å²) in [5.41, 5.74) is 5.99. The van der Waals surface area contributed by atoms with Crippen LogP contribution in [0.25, 0.3) is 0 Å². The van der Waals surface area contributed by atoms with Crippen LogP contribution in [0.2, 0.25) is 0 Å². The summed E-state index contributed by atoms with van der Waals surface area (Å²) in [5, 5.41) is 3.08. The van der Waals surface area contributed by atoms with Gasteiger partial charge in [0.25, 0.3) is 0 Å². The molecule has 0 atom stereocenters. The van der Waals surface area contributed by atoms with Crippen molar-refractivity contribution in [2.24, 2.45) is 5.73 Å². The summed E-state index contributed by atoms with van der Waals surface area (Å²) in [6, 6.07) is 3.21. The molecule has 0 spiro atoms. The number of carbonyl (C=O) groups is 1. The Bertz CT molecular complexity index is 407. The van der Waals surface area contributed by atoms with Gasteiger partial charge in [-0.25, -0.2) is 4.39 Å². The summed E-state index contributed by atoms with van der Waals surface area (Å²) in [6.45, 7) is 3.87. The molecule has 5 heteroatoms. The molecule has 16 heavy (non-hydrogen) atoms.